The van der Waals surface area contributed by atoms with Gasteiger partial charge < -0.3 is 5.32 Å². The number of aryl methyl sites for hydroxylation is 1. The minimum absolute atomic E-state index is 0.517. The van der Waals surface area contributed by atoms with Crippen LogP contribution in [0.25, 0.3) is 0 Å². The highest BCUT2D eigenvalue weighted by Gasteiger charge is 2.48. The van der Waals surface area contributed by atoms with Gasteiger partial charge in [-0.05, 0) is 43.4 Å². The Labute approximate surface area is 130 Å². The summed E-state index contributed by atoms with van der Waals surface area (Å²) >= 11 is 0. The normalized spacial score (nSPS) is 28.0. The zero-order valence-corrected chi connectivity index (χ0v) is 12.9. The van der Waals surface area contributed by atoms with Crippen molar-refractivity contribution in [3.63, 3.8) is 0 Å². The largest absolute Gasteiger partial charge is 0.367 e. The average molecular weight is 298 g/mol. The number of hydrogen-bond acceptors (Lipinski definition) is 5. The number of nitrogens with one attached hydrogen (secondary N) is 1. The number of aromatic nitrogens is 4. The molecule has 0 atom stereocenters. The molecule has 1 aliphatic heterocycles. The van der Waals surface area contributed by atoms with Crippen LogP contribution in [0.1, 0.15) is 25.0 Å². The smallest absolute Gasteiger partial charge is 0.129 e. The van der Waals surface area contributed by atoms with E-state index in [-0.39, 0.29) is 0 Å². The molecule has 3 heterocycles. The van der Waals surface area contributed by atoms with E-state index in [2.05, 4.69) is 31.3 Å². The summed E-state index contributed by atoms with van der Waals surface area (Å²) in [5.41, 5.74) is 1.82. The Hall–Kier alpha value is -1.95. The number of anilines is 1. The van der Waals surface area contributed by atoms with Gasteiger partial charge in [0.05, 0.1) is 5.69 Å². The summed E-state index contributed by atoms with van der Waals surface area (Å²) in [5.74, 6) is 0.944. The first kappa shape index (κ1) is 13.7. The molecule has 4 rings (SSSR count). The fourth-order valence-electron chi connectivity index (χ4n) is 3.95. The maximum Gasteiger partial charge on any atom is 0.129 e. The summed E-state index contributed by atoms with van der Waals surface area (Å²) < 4.78 is 1.98. The molecular formula is C16H22N6. The van der Waals surface area contributed by atoms with Crippen molar-refractivity contribution in [3.05, 3.63) is 36.5 Å². The molecule has 6 heteroatoms. The minimum Gasteiger partial charge on any atom is -0.367 e. The summed E-state index contributed by atoms with van der Waals surface area (Å²) in [5, 5.41) is 7.77. The molecule has 2 fully saturated rings. The van der Waals surface area contributed by atoms with Crippen LogP contribution in [0.2, 0.25) is 0 Å². The molecule has 116 valence electrons. The summed E-state index contributed by atoms with van der Waals surface area (Å²) in [7, 11) is 2.02. The van der Waals surface area contributed by atoms with Gasteiger partial charge in [0.25, 0.3) is 0 Å². The van der Waals surface area contributed by atoms with E-state index in [1.807, 2.05) is 24.0 Å². The Morgan fingerprint density at radius 3 is 2.95 bits per heavy atom. The van der Waals surface area contributed by atoms with Crippen molar-refractivity contribution in [3.8, 4) is 0 Å². The summed E-state index contributed by atoms with van der Waals surface area (Å²) in [4.78, 5) is 10.8. The van der Waals surface area contributed by atoms with Gasteiger partial charge in [-0.3, -0.25) is 9.58 Å². The number of hydrogen-bond donors (Lipinski definition) is 1. The second-order valence-electron chi connectivity index (χ2n) is 6.75. The lowest BCUT2D eigenvalue weighted by Crippen LogP contribution is -2.46. The molecular weight excluding hydrogens is 276 g/mol. The van der Waals surface area contributed by atoms with E-state index in [0.717, 1.165) is 12.4 Å². The highest BCUT2D eigenvalue weighted by molar-refractivity contribution is 5.34. The maximum atomic E-state index is 4.26. The van der Waals surface area contributed by atoms with Gasteiger partial charge in [0.1, 0.15) is 12.1 Å². The molecule has 1 aliphatic carbocycles. The molecule has 1 saturated carbocycles. The lowest BCUT2D eigenvalue weighted by Gasteiger charge is -2.45. The van der Waals surface area contributed by atoms with E-state index in [9.17, 15) is 0 Å². The second kappa shape index (κ2) is 5.35. The van der Waals surface area contributed by atoms with E-state index in [1.165, 1.54) is 38.0 Å². The Morgan fingerprint density at radius 2 is 2.23 bits per heavy atom. The van der Waals surface area contributed by atoms with Crippen LogP contribution >= 0.6 is 0 Å². The topological polar surface area (TPSA) is 58.9 Å². The van der Waals surface area contributed by atoms with Crippen molar-refractivity contribution in [2.45, 2.75) is 31.8 Å². The van der Waals surface area contributed by atoms with E-state index >= 15 is 0 Å². The Kier molecular flexibility index (Phi) is 3.33. The summed E-state index contributed by atoms with van der Waals surface area (Å²) in [6.07, 6.45) is 9.08. The molecule has 1 N–H and O–H groups in total. The van der Waals surface area contributed by atoms with Crippen LogP contribution in [0, 0.1) is 5.41 Å². The van der Waals surface area contributed by atoms with Crippen molar-refractivity contribution in [2.75, 3.05) is 18.4 Å². The fourth-order valence-corrected chi connectivity index (χ4v) is 3.95. The van der Waals surface area contributed by atoms with Crippen molar-refractivity contribution in [1.29, 1.82) is 0 Å². The molecule has 0 unspecified atom stereocenters. The van der Waals surface area contributed by atoms with Crippen molar-refractivity contribution in [1.82, 2.24) is 24.6 Å². The van der Waals surface area contributed by atoms with Gasteiger partial charge in [-0.1, -0.05) is 0 Å². The molecule has 2 aromatic heterocycles. The van der Waals surface area contributed by atoms with Crippen LogP contribution in [0.15, 0.2) is 30.9 Å². The van der Waals surface area contributed by atoms with Crippen molar-refractivity contribution in [2.24, 2.45) is 12.5 Å². The fraction of sp³-hybridized carbons (Fsp3) is 0.562. The van der Waals surface area contributed by atoms with Gasteiger partial charge in [-0.2, -0.15) is 5.10 Å². The van der Waals surface area contributed by atoms with E-state index in [0.29, 0.717) is 11.5 Å². The van der Waals surface area contributed by atoms with Gasteiger partial charge in [-0.25, -0.2) is 9.97 Å². The third-order valence-corrected chi connectivity index (χ3v) is 5.12. The van der Waals surface area contributed by atoms with E-state index in [1.54, 1.807) is 12.5 Å². The summed E-state index contributed by atoms with van der Waals surface area (Å²) in [6.45, 7) is 3.42. The molecule has 0 radical (unpaired) electrons. The second-order valence-corrected chi connectivity index (χ2v) is 6.75. The van der Waals surface area contributed by atoms with Crippen molar-refractivity contribution >= 4 is 5.82 Å². The highest BCUT2D eigenvalue weighted by atomic mass is 15.3. The van der Waals surface area contributed by atoms with E-state index < -0.39 is 0 Å². The minimum atomic E-state index is 0.517. The van der Waals surface area contributed by atoms with Gasteiger partial charge in [0.15, 0.2) is 0 Å². The molecule has 0 amide bonds. The summed E-state index contributed by atoms with van der Waals surface area (Å²) in [6, 6.07) is 4.62. The Balaban J connectivity index is 1.30. The first-order valence-corrected chi connectivity index (χ1v) is 7.94. The maximum absolute atomic E-state index is 4.26. The molecule has 1 saturated heterocycles. The van der Waals surface area contributed by atoms with Crippen molar-refractivity contribution < 1.29 is 0 Å². The third kappa shape index (κ3) is 2.59. The molecule has 22 heavy (non-hydrogen) atoms. The monoisotopic (exact) mass is 298 g/mol. The first-order valence-electron chi connectivity index (χ1n) is 7.94. The van der Waals surface area contributed by atoms with Crippen LogP contribution < -0.4 is 5.32 Å². The van der Waals surface area contributed by atoms with Gasteiger partial charge in [0.2, 0.25) is 0 Å². The predicted molar refractivity (Wildman–Crippen MR) is 84.2 cm³/mol. The van der Waals surface area contributed by atoms with Gasteiger partial charge in [0, 0.05) is 38.6 Å². The van der Waals surface area contributed by atoms with E-state index in [4.69, 9.17) is 0 Å². The Bertz CT molecular complexity index is 631. The van der Waals surface area contributed by atoms with Crippen LogP contribution in [-0.2, 0) is 13.6 Å². The molecule has 2 aromatic rings. The number of rotatable bonds is 4. The molecule has 6 nitrogen and oxygen atoms in total. The standard InChI is InChI=1S/C16H22N6/c1-21-14(2-6-19-21)10-22-7-4-16(11-22)8-13(9-16)20-15-3-5-17-12-18-15/h2-3,5-6,12-13H,4,7-11H2,1H3,(H,17,18,20). The van der Waals surface area contributed by atoms with Gasteiger partial charge >= 0.3 is 0 Å². The average Bonchev–Trinajstić information content (AvgIpc) is 3.08. The number of likely N-dealkylation sites (tertiary alicyclic amines) is 1. The predicted octanol–water partition coefficient (Wildman–Crippen LogP) is 1.68. The molecule has 2 aliphatic rings. The highest BCUT2D eigenvalue weighted by Crippen LogP contribution is 2.49. The van der Waals surface area contributed by atoms with Gasteiger partial charge in [-0.15, -0.1) is 0 Å². The molecule has 1 spiro atoms. The zero-order chi connectivity index (χ0) is 15.0. The van der Waals surface area contributed by atoms with Crippen LogP contribution in [0.4, 0.5) is 5.82 Å². The quantitative estimate of drug-likeness (QED) is 0.930. The third-order valence-electron chi connectivity index (χ3n) is 5.12. The molecule has 0 aromatic carbocycles. The molecule has 0 bridgehead atoms. The lowest BCUT2D eigenvalue weighted by molar-refractivity contribution is 0.119. The van der Waals surface area contributed by atoms with Crippen LogP contribution in [-0.4, -0.2) is 43.8 Å². The Morgan fingerprint density at radius 1 is 1.32 bits per heavy atom. The SMILES string of the molecule is Cn1nccc1CN1CCC2(CC(Nc3ccncn3)C2)C1. The zero-order valence-electron chi connectivity index (χ0n) is 12.9. The van der Waals surface area contributed by atoms with Crippen LogP contribution in [0.5, 0.6) is 0 Å². The van der Waals surface area contributed by atoms with Crippen LogP contribution in [0.3, 0.4) is 0 Å². The first-order chi connectivity index (χ1) is 10.7. The lowest BCUT2D eigenvalue weighted by atomic mass is 9.65. The number of nitrogens with zero attached hydrogens (tertiary/aromatic N) is 5.